The van der Waals surface area contributed by atoms with E-state index in [0.29, 0.717) is 12.8 Å². The highest BCUT2D eigenvalue weighted by Crippen LogP contribution is 2.14. The fraction of sp³-hybridized carbons (Fsp3) is 0.933. The molecule has 5 nitrogen and oxygen atoms in total. The van der Waals surface area contributed by atoms with Gasteiger partial charge in [0, 0.05) is 12.8 Å². The lowest BCUT2D eigenvalue weighted by Crippen LogP contribution is -2.28. The fourth-order valence-corrected chi connectivity index (χ4v) is 4.27. The molecule has 1 N–H and O–H groups in total. The minimum absolute atomic E-state index is 0.0603. The van der Waals surface area contributed by atoms with Gasteiger partial charge in [0.25, 0.3) is 0 Å². The van der Waals surface area contributed by atoms with Crippen LogP contribution < -0.4 is 0 Å². The first-order chi connectivity index (χ1) is 17.0. The Balaban J connectivity index is 3.59. The van der Waals surface area contributed by atoms with Gasteiger partial charge in [0.2, 0.25) is 0 Å². The molecule has 0 aliphatic rings. The molecule has 0 rings (SSSR count). The van der Waals surface area contributed by atoms with Crippen LogP contribution in [0, 0.1) is 5.92 Å². The van der Waals surface area contributed by atoms with Gasteiger partial charge in [-0.1, -0.05) is 130 Å². The van der Waals surface area contributed by atoms with E-state index in [0.717, 1.165) is 44.4 Å². The lowest BCUT2D eigenvalue weighted by Gasteiger charge is -2.15. The zero-order valence-corrected chi connectivity index (χ0v) is 23.5. The number of hydrogen-bond acceptors (Lipinski definition) is 5. The van der Waals surface area contributed by atoms with Gasteiger partial charge in [0.05, 0.1) is 6.61 Å². The van der Waals surface area contributed by atoms with Crippen molar-refractivity contribution in [2.45, 2.75) is 162 Å². The van der Waals surface area contributed by atoms with Crippen molar-refractivity contribution in [3.05, 3.63) is 0 Å². The Morgan fingerprint density at radius 2 is 1.06 bits per heavy atom. The number of ether oxygens (including phenoxy) is 2. The zero-order valence-electron chi connectivity index (χ0n) is 23.5. The van der Waals surface area contributed by atoms with Crippen molar-refractivity contribution in [3.8, 4) is 0 Å². The third-order valence-electron chi connectivity index (χ3n) is 6.58. The SMILES string of the molecule is CCCCCCCCCCCCCC(=O)O[C@@H](CO)COC(=O)CCCCCCCCCC(C)C. The maximum Gasteiger partial charge on any atom is 0.306 e. The van der Waals surface area contributed by atoms with Crippen LogP contribution >= 0.6 is 0 Å². The van der Waals surface area contributed by atoms with Crippen molar-refractivity contribution in [2.75, 3.05) is 13.2 Å². The minimum atomic E-state index is -0.759. The molecule has 0 aliphatic carbocycles. The normalized spacial score (nSPS) is 12.1. The predicted octanol–water partition coefficient (Wildman–Crippen LogP) is 8.30. The quantitative estimate of drug-likeness (QED) is 0.0959. The summed E-state index contributed by atoms with van der Waals surface area (Å²) in [5.74, 6) is 0.204. The lowest BCUT2D eigenvalue weighted by molar-refractivity contribution is -0.161. The van der Waals surface area contributed by atoms with Crippen LogP contribution in [0.2, 0.25) is 0 Å². The van der Waals surface area contributed by atoms with E-state index in [9.17, 15) is 14.7 Å². The van der Waals surface area contributed by atoms with Gasteiger partial charge in [0.15, 0.2) is 6.10 Å². The molecule has 5 heteroatoms. The summed E-state index contributed by atoms with van der Waals surface area (Å²) in [6, 6.07) is 0. The van der Waals surface area contributed by atoms with Gasteiger partial charge in [-0.25, -0.2) is 0 Å². The van der Waals surface area contributed by atoms with Crippen LogP contribution in [0.1, 0.15) is 156 Å². The minimum Gasteiger partial charge on any atom is -0.462 e. The summed E-state index contributed by atoms with van der Waals surface area (Å²) in [6.45, 7) is 6.40. The predicted molar refractivity (Wildman–Crippen MR) is 145 cm³/mol. The van der Waals surface area contributed by atoms with Crippen LogP contribution in [0.5, 0.6) is 0 Å². The average Bonchev–Trinajstić information content (AvgIpc) is 2.83. The molecule has 0 aromatic heterocycles. The Hall–Kier alpha value is -1.10. The fourth-order valence-electron chi connectivity index (χ4n) is 4.27. The molecule has 0 spiro atoms. The molecule has 0 aromatic carbocycles. The summed E-state index contributed by atoms with van der Waals surface area (Å²) in [5.41, 5.74) is 0. The van der Waals surface area contributed by atoms with E-state index >= 15 is 0 Å². The van der Waals surface area contributed by atoms with E-state index < -0.39 is 6.10 Å². The first kappa shape index (κ1) is 33.9. The second kappa shape index (κ2) is 26.0. The van der Waals surface area contributed by atoms with Crippen LogP contribution in [-0.2, 0) is 19.1 Å². The number of carbonyl (C=O) groups excluding carboxylic acids is 2. The van der Waals surface area contributed by atoms with Crippen LogP contribution in [0.15, 0.2) is 0 Å². The molecule has 0 saturated heterocycles. The monoisotopic (exact) mass is 498 g/mol. The Morgan fingerprint density at radius 1 is 0.629 bits per heavy atom. The molecule has 0 unspecified atom stereocenters. The molecule has 0 aliphatic heterocycles. The van der Waals surface area contributed by atoms with E-state index in [4.69, 9.17) is 9.47 Å². The third-order valence-corrected chi connectivity index (χ3v) is 6.58. The lowest BCUT2D eigenvalue weighted by atomic mass is 10.0. The summed E-state index contributed by atoms with van der Waals surface area (Å²) >= 11 is 0. The maximum atomic E-state index is 12.0. The van der Waals surface area contributed by atoms with Crippen molar-refractivity contribution in [3.63, 3.8) is 0 Å². The molecule has 0 heterocycles. The molecule has 0 amide bonds. The summed E-state index contributed by atoms with van der Waals surface area (Å²) in [7, 11) is 0. The highest BCUT2D eigenvalue weighted by atomic mass is 16.6. The van der Waals surface area contributed by atoms with Gasteiger partial charge in [-0.15, -0.1) is 0 Å². The van der Waals surface area contributed by atoms with Crippen molar-refractivity contribution in [2.24, 2.45) is 5.92 Å². The standard InChI is InChI=1S/C30H58O5/c1-4-5-6-7-8-9-10-11-14-18-21-24-30(33)35-28(25-31)26-34-29(32)23-20-17-15-12-13-16-19-22-27(2)3/h27-28,31H,4-26H2,1-3H3/t28-/m0/s1. The van der Waals surface area contributed by atoms with Gasteiger partial charge in [-0.3, -0.25) is 9.59 Å². The zero-order chi connectivity index (χ0) is 26.0. The van der Waals surface area contributed by atoms with Crippen molar-refractivity contribution >= 4 is 11.9 Å². The second-order valence-electron chi connectivity index (χ2n) is 10.7. The number of carbonyl (C=O) groups is 2. The van der Waals surface area contributed by atoms with Gasteiger partial charge < -0.3 is 14.6 Å². The summed E-state index contributed by atoms with van der Waals surface area (Å²) in [4.78, 5) is 23.9. The van der Waals surface area contributed by atoms with Crippen LogP contribution in [0.25, 0.3) is 0 Å². The molecule has 208 valence electrons. The number of aliphatic hydroxyl groups is 1. The molecule has 0 fully saturated rings. The second-order valence-corrected chi connectivity index (χ2v) is 10.7. The molecular weight excluding hydrogens is 440 g/mol. The summed E-state index contributed by atoms with van der Waals surface area (Å²) in [6.07, 6.45) is 23.0. The number of unbranched alkanes of at least 4 members (excludes halogenated alkanes) is 16. The molecule has 0 bridgehead atoms. The van der Waals surface area contributed by atoms with Gasteiger partial charge in [0.1, 0.15) is 6.61 Å². The number of hydrogen-bond donors (Lipinski definition) is 1. The van der Waals surface area contributed by atoms with Crippen LogP contribution in [0.4, 0.5) is 0 Å². The van der Waals surface area contributed by atoms with Crippen LogP contribution in [-0.4, -0.2) is 36.4 Å². The van der Waals surface area contributed by atoms with E-state index in [-0.39, 0.29) is 25.2 Å². The topological polar surface area (TPSA) is 72.8 Å². The third kappa shape index (κ3) is 25.8. The van der Waals surface area contributed by atoms with E-state index in [1.807, 2.05) is 0 Å². The van der Waals surface area contributed by atoms with Gasteiger partial charge in [-0.05, 0) is 18.8 Å². The van der Waals surface area contributed by atoms with E-state index in [1.165, 1.54) is 83.5 Å². The molecule has 0 saturated carbocycles. The highest BCUT2D eigenvalue weighted by molar-refractivity contribution is 5.70. The van der Waals surface area contributed by atoms with Crippen molar-refractivity contribution < 1.29 is 24.2 Å². The average molecular weight is 499 g/mol. The van der Waals surface area contributed by atoms with Gasteiger partial charge in [-0.2, -0.15) is 0 Å². The number of rotatable bonds is 26. The molecule has 0 radical (unpaired) electrons. The first-order valence-corrected chi connectivity index (χ1v) is 15.0. The number of aliphatic hydroxyl groups excluding tert-OH is 1. The van der Waals surface area contributed by atoms with E-state index in [1.54, 1.807) is 0 Å². The van der Waals surface area contributed by atoms with Crippen molar-refractivity contribution in [1.29, 1.82) is 0 Å². The first-order valence-electron chi connectivity index (χ1n) is 15.0. The Labute approximate surface area is 217 Å². The highest BCUT2D eigenvalue weighted by Gasteiger charge is 2.16. The largest absolute Gasteiger partial charge is 0.462 e. The Bertz CT molecular complexity index is 477. The smallest absolute Gasteiger partial charge is 0.306 e. The van der Waals surface area contributed by atoms with Gasteiger partial charge >= 0.3 is 11.9 Å². The molecule has 1 atom stereocenters. The number of esters is 2. The Kier molecular flexibility index (Phi) is 25.2. The maximum absolute atomic E-state index is 12.0. The van der Waals surface area contributed by atoms with E-state index in [2.05, 4.69) is 20.8 Å². The van der Waals surface area contributed by atoms with Crippen LogP contribution in [0.3, 0.4) is 0 Å². The summed E-state index contributed by atoms with van der Waals surface area (Å²) < 4.78 is 10.5. The van der Waals surface area contributed by atoms with Crippen molar-refractivity contribution in [1.82, 2.24) is 0 Å². The molecule has 35 heavy (non-hydrogen) atoms. The molecule has 0 aromatic rings. The summed E-state index contributed by atoms with van der Waals surface area (Å²) in [5, 5.41) is 9.44. The Morgan fingerprint density at radius 3 is 1.51 bits per heavy atom. The molecular formula is C30H58O5.